The zero-order chi connectivity index (χ0) is 25.3. The summed E-state index contributed by atoms with van der Waals surface area (Å²) in [5.41, 5.74) is 0.664. The van der Waals surface area contributed by atoms with Crippen LogP contribution in [0.1, 0.15) is 43.4 Å². The lowest BCUT2D eigenvalue weighted by Gasteiger charge is -2.38. The van der Waals surface area contributed by atoms with Gasteiger partial charge >= 0.3 is 5.97 Å². The maximum absolute atomic E-state index is 13.2. The second kappa shape index (κ2) is 9.55. The molecule has 182 valence electrons. The van der Waals surface area contributed by atoms with E-state index in [0.717, 1.165) is 5.56 Å². The highest BCUT2D eigenvalue weighted by atomic mass is 32.2. The van der Waals surface area contributed by atoms with E-state index >= 15 is 0 Å². The molecule has 3 atom stereocenters. The lowest BCUT2D eigenvalue weighted by Crippen LogP contribution is -2.70. The molecule has 2 aromatic carbocycles. The Kier molecular flexibility index (Phi) is 7.13. The zero-order valence-corrected chi connectivity index (χ0v) is 20.2. The van der Waals surface area contributed by atoms with Crippen molar-refractivity contribution in [2.24, 2.45) is 0 Å². The third-order valence-electron chi connectivity index (χ3n) is 5.28. The fourth-order valence-corrected chi connectivity index (χ4v) is 4.48. The summed E-state index contributed by atoms with van der Waals surface area (Å²) < 4.78 is 38.5. The molecule has 0 bridgehead atoms. The average molecular weight is 489 g/mol. The molecule has 1 saturated heterocycles. The van der Waals surface area contributed by atoms with Gasteiger partial charge in [0, 0.05) is 0 Å². The van der Waals surface area contributed by atoms with Crippen LogP contribution in [0.2, 0.25) is 0 Å². The SMILES string of the molecule is Cc1ccc(S(=O)(=O)O)c(C[C@H]2NC(=O)[C@H]2NC(=O)C(C(=O)OC(C)(C)C)c2ccccc2)c1. The number of nitrogens with one attached hydrogen (secondary N) is 2. The molecule has 3 rings (SSSR count). The second-order valence-electron chi connectivity index (χ2n) is 9.27. The number of carbonyl (C=O) groups is 3. The van der Waals surface area contributed by atoms with Gasteiger partial charge in [-0.2, -0.15) is 8.42 Å². The number of rotatable bonds is 7. The number of β-lactam (4-membered cyclic amide) rings is 1. The summed E-state index contributed by atoms with van der Waals surface area (Å²) in [5.74, 6) is -3.21. The van der Waals surface area contributed by atoms with Crippen LogP contribution in [0, 0.1) is 6.92 Å². The van der Waals surface area contributed by atoms with Crippen molar-refractivity contribution in [2.45, 2.75) is 62.6 Å². The highest BCUT2D eigenvalue weighted by Crippen LogP contribution is 2.25. The van der Waals surface area contributed by atoms with Crippen molar-refractivity contribution < 1.29 is 32.1 Å². The van der Waals surface area contributed by atoms with Crippen LogP contribution in [0.3, 0.4) is 0 Å². The number of hydrogen-bond acceptors (Lipinski definition) is 6. The Morgan fingerprint density at radius 3 is 2.35 bits per heavy atom. The lowest BCUT2D eigenvalue weighted by atomic mass is 9.90. The summed E-state index contributed by atoms with van der Waals surface area (Å²) in [6.07, 6.45) is 0.0515. The number of esters is 1. The maximum Gasteiger partial charge on any atom is 0.323 e. The van der Waals surface area contributed by atoms with E-state index in [-0.39, 0.29) is 11.3 Å². The van der Waals surface area contributed by atoms with Crippen LogP contribution in [0.4, 0.5) is 0 Å². The Balaban J connectivity index is 1.83. The number of hydrogen-bond donors (Lipinski definition) is 3. The van der Waals surface area contributed by atoms with Crippen LogP contribution in [0.15, 0.2) is 53.4 Å². The van der Waals surface area contributed by atoms with Crippen LogP contribution in [-0.2, 0) is 35.7 Å². The van der Waals surface area contributed by atoms with Gasteiger partial charge in [0.05, 0.1) is 10.9 Å². The standard InChI is InChI=1S/C24H28N2O7S/c1-14-10-11-18(34(30,31)32)16(12-14)13-17-20(22(28)25-17)26-21(27)19(15-8-6-5-7-9-15)23(29)33-24(2,3)4/h5-12,17,19-20H,13H2,1-4H3,(H,25,28)(H,26,27)(H,30,31,32)/t17-,19?,20+/m1/s1. The monoisotopic (exact) mass is 488 g/mol. The van der Waals surface area contributed by atoms with Crippen molar-refractivity contribution in [2.75, 3.05) is 0 Å². The van der Waals surface area contributed by atoms with E-state index in [4.69, 9.17) is 4.74 Å². The first-order valence-corrected chi connectivity index (χ1v) is 12.2. The summed E-state index contributed by atoms with van der Waals surface area (Å²) in [7, 11) is -4.47. The third-order valence-corrected chi connectivity index (χ3v) is 6.24. The van der Waals surface area contributed by atoms with Crippen molar-refractivity contribution in [1.82, 2.24) is 10.6 Å². The molecule has 0 aliphatic carbocycles. The van der Waals surface area contributed by atoms with Crippen LogP contribution in [-0.4, -0.2) is 48.4 Å². The quantitative estimate of drug-likeness (QED) is 0.234. The number of aryl methyl sites for hydroxylation is 1. The van der Waals surface area contributed by atoms with E-state index in [2.05, 4.69) is 10.6 Å². The van der Waals surface area contributed by atoms with Crippen LogP contribution in [0.25, 0.3) is 0 Å². The van der Waals surface area contributed by atoms with Gasteiger partial charge in [-0.3, -0.25) is 18.9 Å². The molecule has 1 fully saturated rings. The first-order chi connectivity index (χ1) is 15.8. The predicted octanol–water partition coefficient (Wildman–Crippen LogP) is 1.89. The van der Waals surface area contributed by atoms with Gasteiger partial charge in [-0.1, -0.05) is 48.0 Å². The Labute approximate surface area is 198 Å². The molecule has 0 radical (unpaired) electrons. The highest BCUT2D eigenvalue weighted by molar-refractivity contribution is 7.85. The smallest absolute Gasteiger partial charge is 0.323 e. The number of carbonyl (C=O) groups excluding carboxylic acids is 3. The van der Waals surface area contributed by atoms with Gasteiger partial charge in [0.2, 0.25) is 11.8 Å². The number of ether oxygens (including phenoxy) is 1. The molecule has 9 nitrogen and oxygen atoms in total. The Morgan fingerprint density at radius 1 is 1.15 bits per heavy atom. The normalized spacial score (nSPS) is 18.9. The van der Waals surface area contributed by atoms with Crippen molar-refractivity contribution in [3.05, 3.63) is 65.2 Å². The zero-order valence-electron chi connectivity index (χ0n) is 19.4. The molecule has 34 heavy (non-hydrogen) atoms. The minimum Gasteiger partial charge on any atom is -0.459 e. The van der Waals surface area contributed by atoms with Crippen LogP contribution < -0.4 is 10.6 Å². The van der Waals surface area contributed by atoms with Crippen molar-refractivity contribution in [3.63, 3.8) is 0 Å². The molecule has 0 aromatic heterocycles. The molecule has 2 amide bonds. The Hall–Kier alpha value is -3.24. The molecule has 0 saturated carbocycles. The molecule has 2 aromatic rings. The molecule has 1 heterocycles. The van der Waals surface area contributed by atoms with E-state index in [0.29, 0.717) is 11.1 Å². The number of amides is 2. The molecule has 0 spiro atoms. The third kappa shape index (κ3) is 6.00. The molecule has 1 unspecified atom stereocenters. The van der Waals surface area contributed by atoms with Crippen molar-refractivity contribution in [1.29, 1.82) is 0 Å². The van der Waals surface area contributed by atoms with Gasteiger partial charge < -0.3 is 15.4 Å². The van der Waals surface area contributed by atoms with E-state index in [1.165, 1.54) is 6.07 Å². The van der Waals surface area contributed by atoms with Crippen molar-refractivity contribution >= 4 is 27.9 Å². The molecule has 1 aliphatic rings. The van der Waals surface area contributed by atoms with Gasteiger partial charge in [0.25, 0.3) is 10.1 Å². The molecule has 3 N–H and O–H groups in total. The fraction of sp³-hybridized carbons (Fsp3) is 0.375. The second-order valence-corrected chi connectivity index (χ2v) is 10.7. The molecular formula is C24H28N2O7S. The highest BCUT2D eigenvalue weighted by Gasteiger charge is 2.43. The topological polar surface area (TPSA) is 139 Å². The first kappa shape index (κ1) is 25.4. The summed E-state index contributed by atoms with van der Waals surface area (Å²) in [6.45, 7) is 6.83. The summed E-state index contributed by atoms with van der Waals surface area (Å²) in [6, 6.07) is 11.2. The van der Waals surface area contributed by atoms with Crippen LogP contribution in [0.5, 0.6) is 0 Å². The van der Waals surface area contributed by atoms with Crippen LogP contribution >= 0.6 is 0 Å². The van der Waals surface area contributed by atoms with E-state index in [9.17, 15) is 27.4 Å². The largest absolute Gasteiger partial charge is 0.459 e. The molecule has 10 heteroatoms. The Morgan fingerprint density at radius 2 is 1.79 bits per heavy atom. The Bertz CT molecular complexity index is 1200. The van der Waals surface area contributed by atoms with E-state index < -0.39 is 51.5 Å². The first-order valence-electron chi connectivity index (χ1n) is 10.7. The maximum atomic E-state index is 13.2. The van der Waals surface area contributed by atoms with Crippen molar-refractivity contribution in [3.8, 4) is 0 Å². The van der Waals surface area contributed by atoms with Gasteiger partial charge in [-0.05, 0) is 51.3 Å². The minimum atomic E-state index is -4.47. The summed E-state index contributed by atoms with van der Waals surface area (Å²) in [5, 5.41) is 5.26. The molecule has 1 aliphatic heterocycles. The summed E-state index contributed by atoms with van der Waals surface area (Å²) in [4.78, 5) is 38.0. The predicted molar refractivity (Wildman–Crippen MR) is 124 cm³/mol. The lowest BCUT2D eigenvalue weighted by molar-refractivity contribution is -0.159. The van der Waals surface area contributed by atoms with Gasteiger partial charge in [-0.25, -0.2) is 0 Å². The van der Waals surface area contributed by atoms with Gasteiger partial charge in [0.1, 0.15) is 11.6 Å². The minimum absolute atomic E-state index is 0.0515. The average Bonchev–Trinajstić information content (AvgIpc) is 2.70. The van der Waals surface area contributed by atoms with Gasteiger partial charge in [-0.15, -0.1) is 0 Å². The summed E-state index contributed by atoms with van der Waals surface area (Å²) >= 11 is 0. The molecular weight excluding hydrogens is 460 g/mol. The fourth-order valence-electron chi connectivity index (χ4n) is 3.77. The van der Waals surface area contributed by atoms with E-state index in [1.54, 1.807) is 70.2 Å². The van der Waals surface area contributed by atoms with E-state index in [1.807, 2.05) is 0 Å². The number of benzene rings is 2. The van der Waals surface area contributed by atoms with Gasteiger partial charge in [0.15, 0.2) is 5.92 Å².